The summed E-state index contributed by atoms with van der Waals surface area (Å²) in [6.45, 7) is 9.00. The van der Waals surface area contributed by atoms with Gasteiger partial charge in [0.15, 0.2) is 6.10 Å². The molecule has 0 aliphatic carbocycles. The lowest BCUT2D eigenvalue weighted by Crippen LogP contribution is -2.30. The number of carbonyl (C=O) groups is 3. The molecule has 0 N–H and O–H groups in total. The molecular weight excluding hydrogens is 745 g/mol. The zero-order valence-corrected chi connectivity index (χ0v) is 40.9. The standard InChI is InChI=1S/C54H104O6/c1-5-8-10-12-13-14-15-16-17-18-19-20-21-25-28-31-34-38-42-46-53(56)59-49-51(48-58-52(55)45-41-36-11-9-6-2)60-54(57)47-43-39-35-32-29-26-23-22-24-27-30-33-37-40-44-50(4)7-3/h50-51H,5-49H2,1-4H3/t50?,51-/m0/s1. The Balaban J connectivity index is 4.08. The van der Waals surface area contributed by atoms with Crippen LogP contribution >= 0.6 is 0 Å². The fourth-order valence-electron chi connectivity index (χ4n) is 8.19. The molecule has 0 aliphatic rings. The first-order valence-electron chi connectivity index (χ1n) is 26.9. The highest BCUT2D eigenvalue weighted by Gasteiger charge is 2.19. The minimum atomic E-state index is -0.759. The Morgan fingerprint density at radius 1 is 0.333 bits per heavy atom. The lowest BCUT2D eigenvalue weighted by atomic mass is 9.99. The largest absolute Gasteiger partial charge is 0.462 e. The van der Waals surface area contributed by atoms with E-state index in [0.29, 0.717) is 19.3 Å². The van der Waals surface area contributed by atoms with Gasteiger partial charge in [0.25, 0.3) is 0 Å². The number of rotatable bonds is 49. The van der Waals surface area contributed by atoms with E-state index in [1.165, 1.54) is 193 Å². The van der Waals surface area contributed by atoms with Crippen molar-refractivity contribution in [1.29, 1.82) is 0 Å². The van der Waals surface area contributed by atoms with E-state index in [1.807, 2.05) is 0 Å². The van der Waals surface area contributed by atoms with Gasteiger partial charge in [-0.15, -0.1) is 0 Å². The van der Waals surface area contributed by atoms with Gasteiger partial charge >= 0.3 is 17.9 Å². The Labute approximate surface area is 374 Å². The highest BCUT2D eigenvalue weighted by molar-refractivity contribution is 5.71. The second-order valence-corrected chi connectivity index (χ2v) is 18.8. The minimum Gasteiger partial charge on any atom is -0.462 e. The van der Waals surface area contributed by atoms with Crippen molar-refractivity contribution in [1.82, 2.24) is 0 Å². The van der Waals surface area contributed by atoms with Gasteiger partial charge in [-0.2, -0.15) is 0 Å². The highest BCUT2D eigenvalue weighted by Crippen LogP contribution is 2.18. The maximum Gasteiger partial charge on any atom is 0.306 e. The molecule has 2 atom stereocenters. The summed E-state index contributed by atoms with van der Waals surface area (Å²) in [7, 11) is 0. The molecule has 0 radical (unpaired) electrons. The Bertz CT molecular complexity index is 905. The van der Waals surface area contributed by atoms with Crippen LogP contribution in [0, 0.1) is 5.92 Å². The van der Waals surface area contributed by atoms with Crippen LogP contribution in [-0.2, 0) is 28.6 Å². The molecular formula is C54H104O6. The molecule has 0 aromatic carbocycles. The fraction of sp³-hybridized carbons (Fsp3) is 0.944. The average molecular weight is 849 g/mol. The summed E-state index contributed by atoms with van der Waals surface area (Å²) in [5.74, 6) is 0.0373. The molecule has 356 valence electrons. The van der Waals surface area contributed by atoms with Crippen LogP contribution in [0.15, 0.2) is 0 Å². The van der Waals surface area contributed by atoms with Crippen LogP contribution in [-0.4, -0.2) is 37.2 Å². The Hall–Kier alpha value is -1.59. The normalized spacial score (nSPS) is 12.4. The number of carbonyl (C=O) groups excluding carboxylic acids is 3. The van der Waals surface area contributed by atoms with Crippen molar-refractivity contribution in [2.24, 2.45) is 5.92 Å². The van der Waals surface area contributed by atoms with Gasteiger partial charge in [-0.1, -0.05) is 265 Å². The molecule has 0 aromatic heterocycles. The predicted molar refractivity (Wildman–Crippen MR) is 257 cm³/mol. The van der Waals surface area contributed by atoms with Crippen molar-refractivity contribution in [2.45, 2.75) is 310 Å². The van der Waals surface area contributed by atoms with Gasteiger partial charge in [-0.05, 0) is 25.2 Å². The van der Waals surface area contributed by atoms with Crippen LogP contribution in [0.1, 0.15) is 304 Å². The third-order valence-corrected chi connectivity index (χ3v) is 12.7. The molecule has 6 heteroatoms. The second kappa shape index (κ2) is 48.4. The first-order valence-corrected chi connectivity index (χ1v) is 26.9. The van der Waals surface area contributed by atoms with Gasteiger partial charge in [0.05, 0.1) is 0 Å². The third-order valence-electron chi connectivity index (χ3n) is 12.7. The number of ether oxygens (including phenoxy) is 3. The molecule has 60 heavy (non-hydrogen) atoms. The van der Waals surface area contributed by atoms with Crippen LogP contribution in [0.2, 0.25) is 0 Å². The molecule has 1 unspecified atom stereocenters. The molecule has 0 rings (SSSR count). The van der Waals surface area contributed by atoms with Crippen molar-refractivity contribution < 1.29 is 28.6 Å². The van der Waals surface area contributed by atoms with Crippen molar-refractivity contribution in [3.63, 3.8) is 0 Å². The van der Waals surface area contributed by atoms with Crippen LogP contribution in [0.25, 0.3) is 0 Å². The number of esters is 3. The van der Waals surface area contributed by atoms with Gasteiger partial charge in [0.1, 0.15) is 13.2 Å². The van der Waals surface area contributed by atoms with Gasteiger partial charge in [0.2, 0.25) is 0 Å². The number of hydrogen-bond acceptors (Lipinski definition) is 6. The molecule has 0 spiro atoms. The second-order valence-electron chi connectivity index (χ2n) is 18.8. The van der Waals surface area contributed by atoms with E-state index in [9.17, 15) is 14.4 Å². The van der Waals surface area contributed by atoms with E-state index >= 15 is 0 Å². The summed E-state index contributed by atoms with van der Waals surface area (Å²) in [4.78, 5) is 37.7. The lowest BCUT2D eigenvalue weighted by Gasteiger charge is -2.18. The molecule has 0 saturated heterocycles. The summed E-state index contributed by atoms with van der Waals surface area (Å²) < 4.78 is 16.7. The fourth-order valence-corrected chi connectivity index (χ4v) is 8.19. The zero-order chi connectivity index (χ0) is 43.8. The molecule has 0 aliphatic heterocycles. The zero-order valence-electron chi connectivity index (χ0n) is 40.9. The number of unbranched alkanes of at least 4 members (excludes halogenated alkanes) is 35. The maximum absolute atomic E-state index is 12.7. The SMILES string of the molecule is CCCCCCCCCCCCCCCCCCCCCC(=O)OC[C@H](COC(=O)CCCCCCC)OC(=O)CCCCCCCCCCCCCCCCC(C)CC. The molecule has 0 aromatic rings. The Kier molecular flexibility index (Phi) is 47.2. The first kappa shape index (κ1) is 58.4. The Morgan fingerprint density at radius 2 is 0.583 bits per heavy atom. The predicted octanol–water partition coefficient (Wildman–Crippen LogP) is 17.5. The summed E-state index contributed by atoms with van der Waals surface area (Å²) in [6, 6.07) is 0. The smallest absolute Gasteiger partial charge is 0.306 e. The van der Waals surface area contributed by atoms with E-state index in [1.54, 1.807) is 0 Å². The molecule has 0 saturated carbocycles. The molecule has 0 heterocycles. The van der Waals surface area contributed by atoms with Gasteiger partial charge in [-0.3, -0.25) is 14.4 Å². The average Bonchev–Trinajstić information content (AvgIpc) is 3.24. The van der Waals surface area contributed by atoms with Crippen molar-refractivity contribution in [3.8, 4) is 0 Å². The quantitative estimate of drug-likeness (QED) is 0.0345. The van der Waals surface area contributed by atoms with E-state index in [0.717, 1.165) is 70.1 Å². The maximum atomic E-state index is 12.7. The van der Waals surface area contributed by atoms with Crippen LogP contribution in [0.3, 0.4) is 0 Å². The molecule has 0 bridgehead atoms. The highest BCUT2D eigenvalue weighted by atomic mass is 16.6. The summed E-state index contributed by atoms with van der Waals surface area (Å²) in [5.41, 5.74) is 0. The topological polar surface area (TPSA) is 78.9 Å². The molecule has 0 fully saturated rings. The number of hydrogen-bond donors (Lipinski definition) is 0. The van der Waals surface area contributed by atoms with E-state index < -0.39 is 6.10 Å². The Morgan fingerprint density at radius 3 is 0.867 bits per heavy atom. The molecule has 6 nitrogen and oxygen atoms in total. The summed E-state index contributed by atoms with van der Waals surface area (Å²) >= 11 is 0. The van der Waals surface area contributed by atoms with Crippen LogP contribution < -0.4 is 0 Å². The van der Waals surface area contributed by atoms with Crippen molar-refractivity contribution in [2.75, 3.05) is 13.2 Å². The monoisotopic (exact) mass is 849 g/mol. The van der Waals surface area contributed by atoms with Crippen LogP contribution in [0.4, 0.5) is 0 Å². The van der Waals surface area contributed by atoms with E-state index in [4.69, 9.17) is 14.2 Å². The van der Waals surface area contributed by atoms with E-state index in [2.05, 4.69) is 27.7 Å². The van der Waals surface area contributed by atoms with Crippen molar-refractivity contribution >= 4 is 17.9 Å². The van der Waals surface area contributed by atoms with Gasteiger partial charge in [-0.25, -0.2) is 0 Å². The van der Waals surface area contributed by atoms with E-state index in [-0.39, 0.29) is 31.1 Å². The van der Waals surface area contributed by atoms with Crippen LogP contribution in [0.5, 0.6) is 0 Å². The third kappa shape index (κ3) is 45.9. The van der Waals surface area contributed by atoms with Crippen molar-refractivity contribution in [3.05, 3.63) is 0 Å². The first-order chi connectivity index (χ1) is 29.4. The summed E-state index contributed by atoms with van der Waals surface area (Å²) in [5, 5.41) is 0. The van der Waals surface area contributed by atoms with Gasteiger partial charge < -0.3 is 14.2 Å². The minimum absolute atomic E-state index is 0.0636. The lowest BCUT2D eigenvalue weighted by molar-refractivity contribution is -0.167. The molecule has 0 amide bonds. The summed E-state index contributed by atoms with van der Waals surface area (Å²) in [6.07, 6.45) is 51.2. The van der Waals surface area contributed by atoms with Gasteiger partial charge in [0, 0.05) is 19.3 Å².